The second kappa shape index (κ2) is 11.2. The average Bonchev–Trinajstić information content (AvgIpc) is 3.67. The Kier molecular flexibility index (Phi) is 6.49. The van der Waals surface area contributed by atoms with Crippen LogP contribution in [0.5, 0.6) is 0 Å². The molecule has 4 nitrogen and oxygen atoms in total. The van der Waals surface area contributed by atoms with Gasteiger partial charge in [0.2, 0.25) is 0 Å². The van der Waals surface area contributed by atoms with Gasteiger partial charge in [-0.25, -0.2) is 0 Å². The van der Waals surface area contributed by atoms with Crippen molar-refractivity contribution in [2.24, 2.45) is 0 Å². The molecule has 0 saturated heterocycles. The number of allylic oxidation sites excluding steroid dienone is 3. The van der Waals surface area contributed by atoms with Gasteiger partial charge in [0.15, 0.2) is 0 Å². The molecule has 9 rings (SSSR count). The van der Waals surface area contributed by atoms with Gasteiger partial charge < -0.3 is 9.47 Å². The molecule has 0 N–H and O–H groups in total. The van der Waals surface area contributed by atoms with E-state index in [2.05, 4.69) is 131 Å². The van der Waals surface area contributed by atoms with Crippen LogP contribution in [0, 0.1) is 22.7 Å². The Hall–Kier alpha value is -6.36. The number of nitriles is 2. The molecule has 226 valence electrons. The summed E-state index contributed by atoms with van der Waals surface area (Å²) >= 11 is 0. The van der Waals surface area contributed by atoms with Crippen molar-refractivity contribution in [2.45, 2.75) is 24.8 Å². The maximum Gasteiger partial charge on any atom is 0.101 e. The lowest BCUT2D eigenvalue weighted by molar-refractivity contribution is 0.745. The van der Waals surface area contributed by atoms with Gasteiger partial charge in [-0.05, 0) is 65.9 Å². The molecular formula is C44H30N4. The number of hydrogen-bond acceptors (Lipinski definition) is 3. The number of nitrogens with zero attached hydrogens (tertiary/aromatic N) is 4. The standard InChI is InChI=1S/C44H30N4/c45-27-30-13-10-21-38(44(30)48-42-24-7-3-17-36(42)37-18-4-8-25-43(37)48)33-20-11-19-32(39(33)28-46)29-12-9-14-31(26-29)47-40-22-5-1-15-34(40)35-16-2-6-23-41(35)47/h1-3,5-17,19-26,34,40H,4,18H2. The molecule has 48 heavy (non-hydrogen) atoms. The summed E-state index contributed by atoms with van der Waals surface area (Å²) in [5.41, 5.74) is 12.6. The van der Waals surface area contributed by atoms with E-state index in [1.165, 1.54) is 22.2 Å². The van der Waals surface area contributed by atoms with Gasteiger partial charge in [0, 0.05) is 45.1 Å². The highest BCUT2D eigenvalue weighted by atomic mass is 15.2. The Morgan fingerprint density at radius 1 is 0.708 bits per heavy atom. The zero-order valence-corrected chi connectivity index (χ0v) is 26.2. The van der Waals surface area contributed by atoms with Gasteiger partial charge in [-0.3, -0.25) is 0 Å². The minimum atomic E-state index is 0.192. The molecule has 0 fully saturated rings. The summed E-state index contributed by atoms with van der Waals surface area (Å²) in [5.74, 6) is 0.295. The lowest BCUT2D eigenvalue weighted by atomic mass is 9.90. The fourth-order valence-electron chi connectivity index (χ4n) is 8.07. The Labute approximate surface area is 280 Å². The first kappa shape index (κ1) is 27.9. The highest BCUT2D eigenvalue weighted by molar-refractivity contribution is 5.95. The van der Waals surface area contributed by atoms with Gasteiger partial charge in [-0.2, -0.15) is 10.5 Å². The van der Waals surface area contributed by atoms with Crippen LogP contribution in [0.2, 0.25) is 0 Å². The molecule has 0 bridgehead atoms. The number of hydrogen-bond donors (Lipinski definition) is 0. The number of aryl methyl sites for hydroxylation is 1. The van der Waals surface area contributed by atoms with Gasteiger partial charge in [0.1, 0.15) is 12.1 Å². The largest absolute Gasteiger partial charge is 0.333 e. The van der Waals surface area contributed by atoms with Crippen molar-refractivity contribution < 1.29 is 0 Å². The van der Waals surface area contributed by atoms with E-state index in [1.807, 2.05) is 36.4 Å². The molecule has 3 aliphatic rings. The molecule has 6 aromatic rings. The van der Waals surface area contributed by atoms with E-state index in [4.69, 9.17) is 0 Å². The first-order chi connectivity index (χ1) is 23.8. The third-order valence-electron chi connectivity index (χ3n) is 10.1. The maximum absolute atomic E-state index is 10.8. The van der Waals surface area contributed by atoms with Crippen LogP contribution in [-0.2, 0) is 6.42 Å². The van der Waals surface area contributed by atoms with Crippen LogP contribution in [0.4, 0.5) is 11.4 Å². The molecule has 0 spiro atoms. The highest BCUT2D eigenvalue weighted by Gasteiger charge is 2.37. The van der Waals surface area contributed by atoms with Gasteiger partial charge in [0.25, 0.3) is 0 Å². The van der Waals surface area contributed by atoms with Crippen molar-refractivity contribution in [1.82, 2.24) is 4.57 Å². The topological polar surface area (TPSA) is 55.8 Å². The smallest absolute Gasteiger partial charge is 0.101 e. The Morgan fingerprint density at radius 3 is 2.42 bits per heavy atom. The number of anilines is 2. The summed E-state index contributed by atoms with van der Waals surface area (Å²) in [4.78, 5) is 2.42. The number of para-hydroxylation sites is 3. The Bertz CT molecular complexity index is 2460. The summed E-state index contributed by atoms with van der Waals surface area (Å²) in [6.07, 6.45) is 15.2. The molecule has 1 aromatic heterocycles. The van der Waals surface area contributed by atoms with Crippen molar-refractivity contribution in [2.75, 3.05) is 4.90 Å². The quantitative estimate of drug-likeness (QED) is 0.199. The lowest BCUT2D eigenvalue weighted by Crippen LogP contribution is -2.28. The number of fused-ring (bicyclic) bond motifs is 6. The minimum absolute atomic E-state index is 0.192. The minimum Gasteiger partial charge on any atom is -0.333 e. The first-order valence-electron chi connectivity index (χ1n) is 16.5. The number of benzene rings is 5. The molecule has 0 saturated carbocycles. The van der Waals surface area contributed by atoms with Crippen LogP contribution in [0.3, 0.4) is 0 Å². The van der Waals surface area contributed by atoms with Crippen LogP contribution in [-0.4, -0.2) is 10.6 Å². The molecule has 0 amide bonds. The molecule has 4 heteroatoms. The molecular weight excluding hydrogens is 585 g/mol. The molecule has 0 radical (unpaired) electrons. The lowest BCUT2D eigenvalue weighted by Gasteiger charge is -2.29. The maximum atomic E-state index is 10.8. The normalized spacial score (nSPS) is 17.1. The second-order valence-corrected chi connectivity index (χ2v) is 12.6. The van der Waals surface area contributed by atoms with Gasteiger partial charge in [0.05, 0.1) is 28.4 Å². The summed E-state index contributed by atoms with van der Waals surface area (Å²) in [7, 11) is 0. The van der Waals surface area contributed by atoms with E-state index < -0.39 is 0 Å². The predicted molar refractivity (Wildman–Crippen MR) is 194 cm³/mol. The van der Waals surface area contributed by atoms with Crippen LogP contribution >= 0.6 is 0 Å². The number of rotatable bonds is 4. The molecule has 1 aliphatic heterocycles. The van der Waals surface area contributed by atoms with Crippen LogP contribution in [0.25, 0.3) is 44.9 Å². The third kappa shape index (κ3) is 4.13. The highest BCUT2D eigenvalue weighted by Crippen LogP contribution is 2.48. The van der Waals surface area contributed by atoms with Gasteiger partial charge in [-0.15, -0.1) is 0 Å². The summed E-state index contributed by atoms with van der Waals surface area (Å²) < 4.78 is 2.23. The summed E-state index contributed by atoms with van der Waals surface area (Å²) in [5, 5.41) is 22.5. The van der Waals surface area contributed by atoms with E-state index in [1.54, 1.807) is 0 Å². The van der Waals surface area contributed by atoms with Gasteiger partial charge >= 0.3 is 0 Å². The van der Waals surface area contributed by atoms with E-state index in [-0.39, 0.29) is 6.04 Å². The molecule has 5 aromatic carbocycles. The van der Waals surface area contributed by atoms with Crippen molar-refractivity contribution in [3.63, 3.8) is 0 Å². The Balaban J connectivity index is 1.23. The number of aromatic nitrogens is 1. The van der Waals surface area contributed by atoms with E-state index >= 15 is 0 Å². The van der Waals surface area contributed by atoms with E-state index in [9.17, 15) is 10.5 Å². The summed E-state index contributed by atoms with van der Waals surface area (Å²) in [6.45, 7) is 0. The van der Waals surface area contributed by atoms with Crippen molar-refractivity contribution in [3.8, 4) is 40.1 Å². The van der Waals surface area contributed by atoms with Crippen LogP contribution in [0.15, 0.2) is 140 Å². The Morgan fingerprint density at radius 2 is 1.50 bits per heavy atom. The fraction of sp³-hybridized carbons (Fsp3) is 0.0909. The SMILES string of the molecule is N#Cc1cccc(-c2cccc(-c3cccc(N4c5ccccc5C5C=CC=CC54)c3)c2C#N)c1-n1c2c(c3ccccc31)CCC=C2. The summed E-state index contributed by atoms with van der Waals surface area (Å²) in [6, 6.07) is 42.8. The monoisotopic (exact) mass is 614 g/mol. The first-order valence-corrected chi connectivity index (χ1v) is 16.5. The molecule has 2 aliphatic carbocycles. The third-order valence-corrected chi connectivity index (χ3v) is 10.1. The van der Waals surface area contributed by atoms with E-state index in [0.717, 1.165) is 57.7 Å². The van der Waals surface area contributed by atoms with Gasteiger partial charge in [-0.1, -0.05) is 109 Å². The van der Waals surface area contributed by atoms with Crippen LogP contribution in [0.1, 0.15) is 40.3 Å². The molecule has 2 atom stereocenters. The zero-order chi connectivity index (χ0) is 32.2. The molecule has 2 unspecified atom stereocenters. The van der Waals surface area contributed by atoms with E-state index in [0.29, 0.717) is 17.0 Å². The molecule has 2 heterocycles. The zero-order valence-electron chi connectivity index (χ0n) is 26.2. The average molecular weight is 615 g/mol. The second-order valence-electron chi connectivity index (χ2n) is 12.6. The van der Waals surface area contributed by atoms with Crippen molar-refractivity contribution >= 4 is 28.4 Å². The predicted octanol–water partition coefficient (Wildman–Crippen LogP) is 10.4. The van der Waals surface area contributed by atoms with Crippen molar-refractivity contribution in [1.29, 1.82) is 10.5 Å². The van der Waals surface area contributed by atoms with Crippen molar-refractivity contribution in [3.05, 3.63) is 168 Å². The fourth-order valence-corrected chi connectivity index (χ4v) is 8.07. The van der Waals surface area contributed by atoms with Crippen LogP contribution < -0.4 is 4.90 Å².